The van der Waals surface area contributed by atoms with E-state index >= 15 is 0 Å². The molecular weight excluding hydrogens is 420 g/mol. The maximum Gasteiger partial charge on any atom is 0.296 e. The van der Waals surface area contributed by atoms with E-state index in [0.717, 1.165) is 20.8 Å². The molecule has 1 N–H and O–H groups in total. The van der Waals surface area contributed by atoms with Gasteiger partial charge in [-0.05, 0) is 36.6 Å². The normalized spacial score (nSPS) is 17.3. The molecule has 1 aliphatic heterocycles. The van der Waals surface area contributed by atoms with Crippen molar-refractivity contribution >= 4 is 49.7 Å². The summed E-state index contributed by atoms with van der Waals surface area (Å²) < 4.78 is 6.42. The first kappa shape index (κ1) is 20.6. The SMILES string of the molecule is CCOc1ccc2nc(N3C(=O)C(O)=C(C(=O)C(C)(C)C)C3c3cccs3)sc2c1. The topological polar surface area (TPSA) is 79.7 Å². The first-order valence-corrected chi connectivity index (χ1v) is 11.3. The molecular formula is C22H22N2O4S2. The number of hydrogen-bond donors (Lipinski definition) is 1. The summed E-state index contributed by atoms with van der Waals surface area (Å²) in [7, 11) is 0. The molecule has 0 saturated carbocycles. The molecule has 30 heavy (non-hydrogen) atoms. The van der Waals surface area contributed by atoms with Crippen molar-refractivity contribution in [2.75, 3.05) is 11.5 Å². The number of amides is 1. The third-order valence-electron chi connectivity index (χ3n) is 4.81. The van der Waals surface area contributed by atoms with Gasteiger partial charge in [-0.15, -0.1) is 11.3 Å². The standard InChI is InChI=1S/C22H22N2O4S2/c1-5-28-12-8-9-13-15(11-12)30-21(23-13)24-17(14-7-6-10-29-14)16(18(25)20(24)27)19(26)22(2,3)4/h6-11,17,25H,5H2,1-4H3. The van der Waals surface area contributed by atoms with Crippen molar-refractivity contribution < 1.29 is 19.4 Å². The number of aliphatic hydroxyl groups excluding tert-OH is 1. The number of hydrogen-bond acceptors (Lipinski definition) is 7. The Hall–Kier alpha value is -2.71. The fourth-order valence-electron chi connectivity index (χ4n) is 3.41. The molecule has 3 aromatic rings. The van der Waals surface area contributed by atoms with Crippen molar-refractivity contribution in [1.82, 2.24) is 4.98 Å². The molecule has 0 radical (unpaired) electrons. The van der Waals surface area contributed by atoms with E-state index in [2.05, 4.69) is 4.98 Å². The molecule has 3 heterocycles. The molecule has 1 aromatic carbocycles. The molecule has 1 aliphatic rings. The lowest BCUT2D eigenvalue weighted by molar-refractivity contribution is -0.123. The maximum atomic E-state index is 13.2. The molecule has 0 spiro atoms. The van der Waals surface area contributed by atoms with Crippen LogP contribution >= 0.6 is 22.7 Å². The van der Waals surface area contributed by atoms with Gasteiger partial charge in [0, 0.05) is 10.3 Å². The minimum absolute atomic E-state index is 0.129. The minimum Gasteiger partial charge on any atom is -0.503 e. The number of aliphatic hydroxyl groups is 1. The molecule has 0 saturated heterocycles. The van der Waals surface area contributed by atoms with Gasteiger partial charge < -0.3 is 9.84 Å². The Morgan fingerprint density at radius 3 is 2.70 bits per heavy atom. The molecule has 0 bridgehead atoms. The Labute approximate surface area is 182 Å². The highest BCUT2D eigenvalue weighted by atomic mass is 32.1. The number of carbonyl (C=O) groups excluding carboxylic acids is 2. The summed E-state index contributed by atoms with van der Waals surface area (Å²) in [6.45, 7) is 7.81. The van der Waals surface area contributed by atoms with Crippen molar-refractivity contribution in [3.8, 4) is 5.75 Å². The average molecular weight is 443 g/mol. The van der Waals surface area contributed by atoms with E-state index in [4.69, 9.17) is 4.74 Å². The second-order valence-corrected chi connectivity index (χ2v) is 9.98. The molecule has 1 atom stereocenters. The number of nitrogens with zero attached hydrogens (tertiary/aromatic N) is 2. The van der Waals surface area contributed by atoms with Gasteiger partial charge in [-0.3, -0.25) is 14.5 Å². The lowest BCUT2D eigenvalue weighted by Gasteiger charge is -2.26. The number of Topliss-reactive ketones (excluding diaryl/α,β-unsaturated/α-hetero) is 1. The van der Waals surface area contributed by atoms with Crippen LogP contribution in [-0.2, 0) is 9.59 Å². The number of fused-ring (bicyclic) bond motifs is 1. The molecule has 1 amide bonds. The van der Waals surface area contributed by atoms with E-state index in [-0.39, 0.29) is 11.4 Å². The number of anilines is 1. The Morgan fingerprint density at radius 2 is 2.07 bits per heavy atom. The zero-order valence-electron chi connectivity index (χ0n) is 17.1. The lowest BCUT2D eigenvalue weighted by Crippen LogP contribution is -2.32. The van der Waals surface area contributed by atoms with Crippen LogP contribution < -0.4 is 9.64 Å². The van der Waals surface area contributed by atoms with Crippen LogP contribution in [0, 0.1) is 5.41 Å². The second kappa shape index (κ2) is 7.52. The highest BCUT2D eigenvalue weighted by Crippen LogP contribution is 2.46. The van der Waals surface area contributed by atoms with Gasteiger partial charge >= 0.3 is 0 Å². The highest BCUT2D eigenvalue weighted by Gasteiger charge is 2.48. The minimum atomic E-state index is -0.741. The largest absolute Gasteiger partial charge is 0.503 e. The second-order valence-electron chi connectivity index (χ2n) is 7.99. The summed E-state index contributed by atoms with van der Waals surface area (Å²) in [4.78, 5) is 33.1. The highest BCUT2D eigenvalue weighted by molar-refractivity contribution is 7.22. The van der Waals surface area contributed by atoms with Gasteiger partial charge in [0.1, 0.15) is 11.8 Å². The molecule has 0 fully saturated rings. The third kappa shape index (κ3) is 3.40. The predicted molar refractivity (Wildman–Crippen MR) is 119 cm³/mol. The fraction of sp³-hybridized carbons (Fsp3) is 0.318. The molecule has 4 rings (SSSR count). The molecule has 1 unspecified atom stereocenters. The van der Waals surface area contributed by atoms with Crippen LogP contribution in [0.15, 0.2) is 47.0 Å². The monoisotopic (exact) mass is 442 g/mol. The Morgan fingerprint density at radius 1 is 1.30 bits per heavy atom. The summed E-state index contributed by atoms with van der Waals surface area (Å²) in [5, 5.41) is 13.0. The number of thiazole rings is 1. The van der Waals surface area contributed by atoms with E-state index in [9.17, 15) is 14.7 Å². The summed E-state index contributed by atoms with van der Waals surface area (Å²) in [6, 6.07) is 8.60. The Bertz CT molecular complexity index is 1160. The van der Waals surface area contributed by atoms with Gasteiger partial charge in [-0.2, -0.15) is 0 Å². The van der Waals surface area contributed by atoms with E-state index in [1.807, 2.05) is 42.6 Å². The van der Waals surface area contributed by atoms with Gasteiger partial charge in [0.05, 0.1) is 22.4 Å². The van der Waals surface area contributed by atoms with Crippen molar-refractivity contribution in [3.05, 3.63) is 51.9 Å². The van der Waals surface area contributed by atoms with E-state index in [0.29, 0.717) is 11.7 Å². The van der Waals surface area contributed by atoms with Crippen LogP contribution in [0.2, 0.25) is 0 Å². The van der Waals surface area contributed by atoms with Gasteiger partial charge in [-0.1, -0.05) is 38.2 Å². The van der Waals surface area contributed by atoms with Crippen molar-refractivity contribution in [2.24, 2.45) is 5.41 Å². The number of ether oxygens (including phenoxy) is 1. The number of aromatic nitrogens is 1. The van der Waals surface area contributed by atoms with Crippen LogP contribution in [0.25, 0.3) is 10.2 Å². The number of ketones is 1. The lowest BCUT2D eigenvalue weighted by atomic mass is 9.83. The van der Waals surface area contributed by atoms with Gasteiger partial charge in [0.25, 0.3) is 5.91 Å². The molecule has 156 valence electrons. The van der Waals surface area contributed by atoms with Crippen LogP contribution in [0.1, 0.15) is 38.6 Å². The van der Waals surface area contributed by atoms with Crippen LogP contribution in [0.3, 0.4) is 0 Å². The van der Waals surface area contributed by atoms with Gasteiger partial charge in [0.15, 0.2) is 16.7 Å². The summed E-state index contributed by atoms with van der Waals surface area (Å²) in [5.74, 6) is -0.631. The zero-order chi connectivity index (χ0) is 21.6. The number of carbonyl (C=O) groups is 2. The van der Waals surface area contributed by atoms with Crippen molar-refractivity contribution in [1.29, 1.82) is 0 Å². The summed E-state index contributed by atoms with van der Waals surface area (Å²) >= 11 is 2.77. The van der Waals surface area contributed by atoms with Crippen molar-refractivity contribution in [2.45, 2.75) is 33.7 Å². The Kier molecular flexibility index (Phi) is 5.15. The average Bonchev–Trinajstić information content (AvgIpc) is 3.39. The van der Waals surface area contributed by atoms with E-state index < -0.39 is 23.1 Å². The smallest absolute Gasteiger partial charge is 0.296 e. The van der Waals surface area contributed by atoms with Crippen molar-refractivity contribution in [3.63, 3.8) is 0 Å². The Balaban J connectivity index is 1.84. The molecule has 2 aromatic heterocycles. The number of benzene rings is 1. The number of thiophene rings is 1. The fourth-order valence-corrected chi connectivity index (χ4v) is 5.25. The van der Waals surface area contributed by atoms with Crippen LogP contribution in [-0.4, -0.2) is 28.4 Å². The first-order chi connectivity index (χ1) is 14.2. The number of rotatable bonds is 5. The van der Waals surface area contributed by atoms with E-state index in [1.165, 1.54) is 27.6 Å². The zero-order valence-corrected chi connectivity index (χ0v) is 18.8. The van der Waals surface area contributed by atoms with Crippen LogP contribution in [0.5, 0.6) is 5.75 Å². The van der Waals surface area contributed by atoms with E-state index in [1.54, 1.807) is 20.8 Å². The first-order valence-electron chi connectivity index (χ1n) is 9.60. The molecule has 6 nitrogen and oxygen atoms in total. The predicted octanol–water partition coefficient (Wildman–Crippen LogP) is 5.27. The third-order valence-corrected chi connectivity index (χ3v) is 6.75. The van der Waals surface area contributed by atoms with Gasteiger partial charge in [-0.25, -0.2) is 4.98 Å². The molecule has 8 heteroatoms. The maximum absolute atomic E-state index is 13.2. The van der Waals surface area contributed by atoms with Gasteiger partial charge in [0.2, 0.25) is 0 Å². The van der Waals surface area contributed by atoms with Crippen LogP contribution in [0.4, 0.5) is 5.13 Å². The molecule has 0 aliphatic carbocycles. The quantitative estimate of drug-likeness (QED) is 0.582. The summed E-state index contributed by atoms with van der Waals surface area (Å²) in [6.07, 6.45) is 0. The summed E-state index contributed by atoms with van der Waals surface area (Å²) in [5.41, 5.74) is 0.116.